The molecule has 1 aliphatic heterocycles. The normalized spacial score (nSPS) is 13.9. The van der Waals surface area contributed by atoms with Crippen LogP contribution < -0.4 is 33.8 Å². The topological polar surface area (TPSA) is 121 Å². The Morgan fingerprint density at radius 3 is 2.39 bits per heavy atom. The number of nitriles is 1. The molecule has 258 valence electrons. The smallest absolute Gasteiger partial charge is 0.338 e. The molecule has 0 spiro atoms. The molecular formula is C39H32ClN3O7S. The van der Waals surface area contributed by atoms with Gasteiger partial charge in [0.2, 0.25) is 0 Å². The van der Waals surface area contributed by atoms with Gasteiger partial charge in [-0.15, -0.1) is 0 Å². The van der Waals surface area contributed by atoms with Gasteiger partial charge in [0.1, 0.15) is 6.61 Å². The highest BCUT2D eigenvalue weighted by atomic mass is 35.5. The maximum atomic E-state index is 14.4. The first-order valence-electron chi connectivity index (χ1n) is 15.8. The van der Waals surface area contributed by atoms with Gasteiger partial charge in [-0.2, -0.15) is 5.26 Å². The number of ether oxygens (including phenoxy) is 5. The van der Waals surface area contributed by atoms with E-state index in [1.165, 1.54) is 37.2 Å². The Morgan fingerprint density at radius 2 is 1.69 bits per heavy atom. The first kappa shape index (κ1) is 35.0. The number of nitrogens with zero attached hydrogens (tertiary/aromatic N) is 3. The lowest BCUT2D eigenvalue weighted by Crippen LogP contribution is -2.40. The Bertz CT molecular complexity index is 2380. The van der Waals surface area contributed by atoms with Crippen molar-refractivity contribution in [2.75, 3.05) is 27.9 Å². The minimum Gasteiger partial charge on any atom is -0.493 e. The van der Waals surface area contributed by atoms with E-state index in [1.807, 2.05) is 36.4 Å². The van der Waals surface area contributed by atoms with Crippen molar-refractivity contribution in [3.63, 3.8) is 0 Å². The monoisotopic (exact) mass is 721 g/mol. The van der Waals surface area contributed by atoms with Crippen molar-refractivity contribution in [2.24, 2.45) is 4.99 Å². The van der Waals surface area contributed by atoms with Crippen LogP contribution in [0.15, 0.2) is 100 Å². The summed E-state index contributed by atoms with van der Waals surface area (Å²) in [5.74, 6) is 0.962. The second-order valence-electron chi connectivity index (χ2n) is 11.1. The van der Waals surface area contributed by atoms with E-state index in [0.29, 0.717) is 65.8 Å². The van der Waals surface area contributed by atoms with E-state index in [-0.39, 0.29) is 29.4 Å². The predicted molar refractivity (Wildman–Crippen MR) is 194 cm³/mol. The highest BCUT2D eigenvalue weighted by Crippen LogP contribution is 2.39. The summed E-state index contributed by atoms with van der Waals surface area (Å²) in [5, 5.41) is 9.72. The van der Waals surface area contributed by atoms with Crippen molar-refractivity contribution in [1.82, 2.24) is 4.57 Å². The highest BCUT2D eigenvalue weighted by molar-refractivity contribution is 7.07. The molecule has 0 unspecified atom stereocenters. The molecule has 0 fully saturated rings. The fourth-order valence-electron chi connectivity index (χ4n) is 5.80. The number of halogens is 1. The van der Waals surface area contributed by atoms with Crippen molar-refractivity contribution in [2.45, 2.75) is 19.6 Å². The number of rotatable bonds is 11. The van der Waals surface area contributed by atoms with Gasteiger partial charge >= 0.3 is 5.97 Å². The molecule has 0 radical (unpaired) electrons. The fraction of sp³-hybridized carbons (Fsp3) is 0.179. The van der Waals surface area contributed by atoms with E-state index in [4.69, 9.17) is 40.3 Å². The van der Waals surface area contributed by atoms with Crippen molar-refractivity contribution >= 4 is 40.7 Å². The molecule has 2 heterocycles. The highest BCUT2D eigenvalue weighted by Gasteiger charge is 2.35. The molecule has 0 saturated carbocycles. The Balaban J connectivity index is 1.51. The van der Waals surface area contributed by atoms with E-state index in [1.54, 1.807) is 61.5 Å². The van der Waals surface area contributed by atoms with Gasteiger partial charge in [-0.25, -0.2) is 9.79 Å². The summed E-state index contributed by atoms with van der Waals surface area (Å²) in [6, 6.07) is 26.3. The number of methoxy groups -OCH3 is 3. The first-order valence-corrected chi connectivity index (χ1v) is 17.0. The van der Waals surface area contributed by atoms with E-state index in [2.05, 4.69) is 6.07 Å². The minimum atomic E-state index is -0.914. The third kappa shape index (κ3) is 6.97. The number of esters is 1. The van der Waals surface area contributed by atoms with Crippen LogP contribution in [0, 0.1) is 11.3 Å². The number of carbonyl (C=O) groups excluding carboxylic acids is 1. The van der Waals surface area contributed by atoms with Crippen molar-refractivity contribution < 1.29 is 28.5 Å². The average Bonchev–Trinajstić information content (AvgIpc) is 3.47. The minimum absolute atomic E-state index is 0.0977. The summed E-state index contributed by atoms with van der Waals surface area (Å²) in [7, 11) is 4.54. The fourth-order valence-corrected chi connectivity index (χ4v) is 7.07. The van der Waals surface area contributed by atoms with Crippen LogP contribution in [0.2, 0.25) is 5.02 Å². The summed E-state index contributed by atoms with van der Waals surface area (Å²) in [5.41, 5.74) is 3.27. The molecule has 0 bridgehead atoms. The van der Waals surface area contributed by atoms with Crippen LogP contribution in [-0.4, -0.2) is 38.5 Å². The molecular weight excluding hydrogens is 690 g/mol. The van der Waals surface area contributed by atoms with E-state index in [0.717, 1.165) is 0 Å². The molecule has 51 heavy (non-hydrogen) atoms. The van der Waals surface area contributed by atoms with Crippen LogP contribution >= 0.6 is 22.9 Å². The second-order valence-corrected chi connectivity index (χ2v) is 12.6. The Morgan fingerprint density at radius 1 is 0.961 bits per heavy atom. The zero-order valence-corrected chi connectivity index (χ0v) is 29.7. The molecule has 5 aromatic rings. The summed E-state index contributed by atoms with van der Waals surface area (Å²) in [6.07, 6.45) is 1.69. The third-order valence-electron chi connectivity index (χ3n) is 8.16. The third-order valence-corrected chi connectivity index (χ3v) is 9.42. The van der Waals surface area contributed by atoms with Gasteiger partial charge in [0, 0.05) is 11.1 Å². The van der Waals surface area contributed by atoms with Crippen LogP contribution in [0.5, 0.6) is 23.0 Å². The largest absolute Gasteiger partial charge is 0.493 e. The maximum Gasteiger partial charge on any atom is 0.338 e. The Labute approximate surface area is 302 Å². The lowest BCUT2D eigenvalue weighted by atomic mass is 9.93. The standard InChI is InChI=1S/C39H32ClN3O7S/c1-5-49-38(45)33-34(24-11-7-6-8-12-24)42-39-43(35(33)25-15-16-29(46-2)30(20-25)47-3)37(44)32(51-39)19-23-17-28(40)36(31(18-23)48-4)50-22-27-14-10-9-13-26(27)21-41/h6-20,35H,5,22H2,1-4H3/b32-19-/t35-/m1/s1. The lowest BCUT2D eigenvalue weighted by Gasteiger charge is -2.26. The number of hydrogen-bond donors (Lipinski definition) is 0. The molecule has 12 heteroatoms. The van der Waals surface area contributed by atoms with Gasteiger partial charge in [-0.05, 0) is 54.5 Å². The molecule has 0 N–H and O–H groups in total. The quantitative estimate of drug-likeness (QED) is 0.151. The molecule has 1 atom stereocenters. The number of benzene rings is 4. The molecule has 1 aromatic heterocycles. The number of fused-ring (bicyclic) bond motifs is 1. The molecule has 0 saturated heterocycles. The zero-order valence-electron chi connectivity index (χ0n) is 28.1. The van der Waals surface area contributed by atoms with Gasteiger partial charge in [-0.1, -0.05) is 77.5 Å². The average molecular weight is 722 g/mol. The number of carbonyl (C=O) groups is 1. The summed E-state index contributed by atoms with van der Waals surface area (Å²) >= 11 is 7.89. The summed E-state index contributed by atoms with van der Waals surface area (Å²) in [4.78, 5) is 33.5. The van der Waals surface area contributed by atoms with Gasteiger partial charge in [0.25, 0.3) is 5.56 Å². The summed E-state index contributed by atoms with van der Waals surface area (Å²) < 4.78 is 30.1. The lowest BCUT2D eigenvalue weighted by molar-refractivity contribution is -0.138. The van der Waals surface area contributed by atoms with Gasteiger partial charge in [0.15, 0.2) is 27.8 Å². The van der Waals surface area contributed by atoms with Crippen molar-refractivity contribution in [3.05, 3.63) is 143 Å². The number of aromatic nitrogens is 1. The molecule has 1 aliphatic rings. The molecule has 10 nitrogen and oxygen atoms in total. The number of thiazole rings is 1. The predicted octanol–water partition coefficient (Wildman–Crippen LogP) is 6.07. The van der Waals surface area contributed by atoms with Crippen LogP contribution in [0.25, 0.3) is 11.8 Å². The molecule has 0 amide bonds. The van der Waals surface area contributed by atoms with Crippen LogP contribution in [0.3, 0.4) is 0 Å². The van der Waals surface area contributed by atoms with Gasteiger partial charge in [-0.3, -0.25) is 9.36 Å². The Kier molecular flexibility index (Phi) is 10.6. The number of hydrogen-bond acceptors (Lipinski definition) is 10. The van der Waals surface area contributed by atoms with E-state index < -0.39 is 12.0 Å². The van der Waals surface area contributed by atoms with E-state index >= 15 is 0 Å². The second kappa shape index (κ2) is 15.4. The zero-order chi connectivity index (χ0) is 36.1. The van der Waals surface area contributed by atoms with Crippen molar-refractivity contribution in [3.8, 4) is 29.1 Å². The van der Waals surface area contributed by atoms with Gasteiger partial charge < -0.3 is 23.7 Å². The Hall–Kier alpha value is -5.83. The maximum absolute atomic E-state index is 14.4. The molecule has 4 aromatic carbocycles. The van der Waals surface area contributed by atoms with Crippen LogP contribution in [0.4, 0.5) is 0 Å². The molecule has 0 aliphatic carbocycles. The van der Waals surface area contributed by atoms with Crippen molar-refractivity contribution in [1.29, 1.82) is 5.26 Å². The SMILES string of the molecule is CCOC(=O)C1=C(c2ccccc2)N=c2s/c(=C\c3cc(Cl)c(OCc4ccccc4C#N)c(OC)c3)c(=O)n2[C@@H]1c1ccc(OC)c(OC)c1. The van der Waals surface area contributed by atoms with Gasteiger partial charge in [0.05, 0.1) is 66.4 Å². The van der Waals surface area contributed by atoms with Crippen LogP contribution in [0.1, 0.15) is 40.8 Å². The molecule has 6 rings (SSSR count). The van der Waals surface area contributed by atoms with E-state index in [9.17, 15) is 14.9 Å². The summed E-state index contributed by atoms with van der Waals surface area (Å²) in [6.45, 7) is 1.95. The van der Waals surface area contributed by atoms with Crippen LogP contribution in [-0.2, 0) is 16.1 Å². The first-order chi connectivity index (χ1) is 24.8.